The summed E-state index contributed by atoms with van der Waals surface area (Å²) in [6, 6.07) is 3.18. The molecular weight excluding hydrogens is 946 g/mol. The van der Waals surface area contributed by atoms with Crippen LogP contribution in [0.3, 0.4) is 0 Å². The van der Waals surface area contributed by atoms with E-state index in [1.807, 2.05) is 0 Å². The van der Waals surface area contributed by atoms with Crippen LogP contribution in [0.25, 0.3) is 0 Å². The molecule has 67 heavy (non-hydrogen) atoms. The second kappa shape index (κ2) is 55.5. The molecule has 0 heterocycles. The molecular formula is C61H113CsO5. The van der Waals surface area contributed by atoms with E-state index in [-0.39, 0.29) is 74.5 Å². The minimum absolute atomic E-state index is 0. The van der Waals surface area contributed by atoms with Crippen molar-refractivity contribution in [2.45, 2.75) is 329 Å². The fourth-order valence-corrected chi connectivity index (χ4v) is 9.54. The molecule has 1 aromatic carbocycles. The summed E-state index contributed by atoms with van der Waals surface area (Å²) in [6.07, 6.45) is 63.9. The molecule has 1 rings (SSSR count). The van der Waals surface area contributed by atoms with Gasteiger partial charge in [0, 0.05) is 5.56 Å². The zero-order valence-electron chi connectivity index (χ0n) is 45.8. The Labute approximate surface area is 477 Å². The van der Waals surface area contributed by atoms with Gasteiger partial charge in [0.2, 0.25) is 5.75 Å². The topological polar surface area (TPSA) is 67.8 Å². The summed E-state index contributed by atoms with van der Waals surface area (Å²) in [6.45, 7) is 8.54. The molecule has 0 aromatic heterocycles. The summed E-state index contributed by atoms with van der Waals surface area (Å²) in [7, 11) is 0. The van der Waals surface area contributed by atoms with E-state index < -0.39 is 5.97 Å². The maximum absolute atomic E-state index is 12.1. The molecule has 0 saturated carbocycles. The molecule has 0 aliphatic carbocycles. The zero-order valence-corrected chi connectivity index (χ0v) is 52.0. The minimum Gasteiger partial charge on any atom is -0.545 e. The molecule has 0 saturated heterocycles. The smallest absolute Gasteiger partial charge is 0.545 e. The van der Waals surface area contributed by atoms with Crippen molar-refractivity contribution >= 4 is 5.97 Å². The van der Waals surface area contributed by atoms with Crippen molar-refractivity contribution in [3.63, 3.8) is 0 Å². The number of unbranched alkanes of at least 4 members (excludes halogenated alkanes) is 45. The molecule has 0 bridgehead atoms. The first-order valence-electron chi connectivity index (χ1n) is 29.9. The van der Waals surface area contributed by atoms with Crippen molar-refractivity contribution < 1.29 is 93.0 Å². The first-order chi connectivity index (χ1) is 32.6. The van der Waals surface area contributed by atoms with Gasteiger partial charge in [-0.3, -0.25) is 0 Å². The number of rotatable bonds is 55. The number of carboxylic acids is 1. The molecule has 0 radical (unpaired) electrons. The van der Waals surface area contributed by atoms with Gasteiger partial charge in [0.25, 0.3) is 0 Å². The van der Waals surface area contributed by atoms with E-state index in [0.29, 0.717) is 37.1 Å². The second-order valence-electron chi connectivity index (χ2n) is 20.5. The van der Waals surface area contributed by atoms with Gasteiger partial charge in [-0.2, -0.15) is 0 Å². The quantitative estimate of drug-likeness (QED) is 0.0608. The van der Waals surface area contributed by atoms with E-state index in [9.17, 15) is 9.90 Å². The van der Waals surface area contributed by atoms with Crippen LogP contribution in [0, 0.1) is 0 Å². The number of hydrogen-bond acceptors (Lipinski definition) is 5. The van der Waals surface area contributed by atoms with Gasteiger partial charge < -0.3 is 24.1 Å². The Morgan fingerprint density at radius 2 is 0.493 bits per heavy atom. The van der Waals surface area contributed by atoms with Gasteiger partial charge in [-0.1, -0.05) is 310 Å². The Bertz CT molecular complexity index is 1080. The van der Waals surface area contributed by atoms with Crippen LogP contribution in [0.1, 0.15) is 339 Å². The standard InChI is InChI=1S/C61H114O5.Cs/c1-4-7-10-13-16-19-22-25-28-31-34-37-40-43-46-49-52-64-58-55-57(61(62)63)56-59(65-53-50-47-44-41-38-35-32-29-26-23-20-17-14-11-8-5-2)60(58)66-54-51-48-45-42-39-36-33-30-27-24-21-18-15-12-9-6-3;/h55-56H,4-54H2,1-3H3,(H,62,63);/q;+1/p-1. The Hall–Kier alpha value is 0.142. The molecule has 5 nitrogen and oxygen atoms in total. The Morgan fingerprint density at radius 3 is 0.687 bits per heavy atom. The van der Waals surface area contributed by atoms with Gasteiger partial charge in [-0.15, -0.1) is 0 Å². The Kier molecular flexibility index (Phi) is 55.6. The normalized spacial score (nSPS) is 11.3. The van der Waals surface area contributed by atoms with Crippen molar-refractivity contribution in [2.24, 2.45) is 0 Å². The summed E-state index contributed by atoms with van der Waals surface area (Å²) in [5.74, 6) is 0.320. The van der Waals surface area contributed by atoms with E-state index >= 15 is 0 Å². The summed E-state index contributed by atoms with van der Waals surface area (Å²) in [5.41, 5.74) is 0.0914. The van der Waals surface area contributed by atoms with Crippen LogP contribution in [0.4, 0.5) is 0 Å². The third-order valence-electron chi connectivity index (χ3n) is 14.0. The van der Waals surface area contributed by atoms with E-state index in [0.717, 1.165) is 38.5 Å². The summed E-state index contributed by atoms with van der Waals surface area (Å²) in [5, 5.41) is 12.1. The maximum atomic E-state index is 12.1. The van der Waals surface area contributed by atoms with Crippen LogP contribution in [0.15, 0.2) is 12.1 Å². The Morgan fingerprint density at radius 1 is 0.313 bits per heavy atom. The third kappa shape index (κ3) is 45.7. The van der Waals surface area contributed by atoms with Gasteiger partial charge >= 0.3 is 68.9 Å². The number of carboxylic acid groups (broad SMARTS) is 1. The van der Waals surface area contributed by atoms with E-state index in [2.05, 4.69) is 20.8 Å². The number of ether oxygens (including phenoxy) is 3. The molecule has 0 aliphatic heterocycles. The largest absolute Gasteiger partial charge is 1.00 e. The van der Waals surface area contributed by atoms with Crippen LogP contribution in [0.2, 0.25) is 0 Å². The number of carbonyl (C=O) groups excluding carboxylic acids is 1. The third-order valence-corrected chi connectivity index (χ3v) is 14.0. The average molecular weight is 1060 g/mol. The number of carbonyl (C=O) groups is 1. The van der Waals surface area contributed by atoms with Gasteiger partial charge in [-0.25, -0.2) is 0 Å². The molecule has 0 aliphatic rings. The number of benzene rings is 1. The molecule has 0 atom stereocenters. The van der Waals surface area contributed by atoms with Crippen molar-refractivity contribution in [1.82, 2.24) is 0 Å². The van der Waals surface area contributed by atoms with Crippen LogP contribution < -0.4 is 88.2 Å². The van der Waals surface area contributed by atoms with Crippen LogP contribution in [0.5, 0.6) is 17.2 Å². The SMILES string of the molecule is CCCCCCCCCCCCCCCCCCOc1cc(C(=O)[O-])cc(OCCCCCCCCCCCCCCCCCC)c1OCCCCCCCCCCCCCCCCCC.[Cs+]. The van der Waals surface area contributed by atoms with E-state index in [1.165, 1.54) is 270 Å². The fraction of sp³-hybridized carbons (Fsp3) is 0.885. The first kappa shape index (κ1) is 67.1. The molecule has 1 aromatic rings. The number of aromatic carboxylic acids is 1. The van der Waals surface area contributed by atoms with Crippen molar-refractivity contribution in [3.05, 3.63) is 17.7 Å². The van der Waals surface area contributed by atoms with Crippen LogP contribution in [-0.2, 0) is 0 Å². The van der Waals surface area contributed by atoms with Gasteiger partial charge in [-0.05, 0) is 31.4 Å². The van der Waals surface area contributed by atoms with Crippen LogP contribution >= 0.6 is 0 Å². The van der Waals surface area contributed by atoms with Gasteiger partial charge in [0.15, 0.2) is 11.5 Å². The summed E-state index contributed by atoms with van der Waals surface area (Å²) >= 11 is 0. The Balaban J connectivity index is 0.0000436. The van der Waals surface area contributed by atoms with Gasteiger partial charge in [0.1, 0.15) is 0 Å². The predicted octanol–water partition coefficient (Wildman–Crippen LogP) is 17.0. The van der Waals surface area contributed by atoms with E-state index in [4.69, 9.17) is 14.2 Å². The fourth-order valence-electron chi connectivity index (χ4n) is 9.54. The monoisotopic (exact) mass is 1060 g/mol. The summed E-state index contributed by atoms with van der Waals surface area (Å²) < 4.78 is 19.1. The van der Waals surface area contributed by atoms with Crippen molar-refractivity contribution in [3.8, 4) is 17.2 Å². The number of hydrogen-bond donors (Lipinski definition) is 0. The van der Waals surface area contributed by atoms with E-state index in [1.54, 1.807) is 12.1 Å². The summed E-state index contributed by atoms with van der Waals surface area (Å²) in [4.78, 5) is 12.1. The average Bonchev–Trinajstić information content (AvgIpc) is 3.32. The maximum Gasteiger partial charge on any atom is 1.00 e. The van der Waals surface area contributed by atoms with Crippen molar-refractivity contribution in [1.29, 1.82) is 0 Å². The molecule has 6 heteroatoms. The molecule has 0 N–H and O–H groups in total. The molecule has 0 unspecified atom stereocenters. The van der Waals surface area contributed by atoms with Crippen molar-refractivity contribution in [2.75, 3.05) is 19.8 Å². The molecule has 0 spiro atoms. The predicted molar refractivity (Wildman–Crippen MR) is 286 cm³/mol. The minimum atomic E-state index is -1.21. The second-order valence-corrected chi connectivity index (χ2v) is 20.5. The van der Waals surface area contributed by atoms with Crippen LogP contribution in [-0.4, -0.2) is 25.8 Å². The van der Waals surface area contributed by atoms with Gasteiger partial charge in [0.05, 0.1) is 25.8 Å². The first-order valence-corrected chi connectivity index (χ1v) is 29.9. The zero-order chi connectivity index (χ0) is 47.5. The molecule has 0 amide bonds. The molecule has 0 fully saturated rings. The molecule has 388 valence electrons.